The van der Waals surface area contributed by atoms with Crippen molar-refractivity contribution in [3.05, 3.63) is 51.5 Å². The van der Waals surface area contributed by atoms with Gasteiger partial charge in [-0.3, -0.25) is 4.79 Å². The standard InChI is InChI=1S/C22H26BrN3O6S/c1-4-13-9-19-14(10-20(13)33(29,30)26-22(28)24-5-2)8-16(12-32-19)25-21(27)17-11-15(23)6-7-18(17)31-3/h6-7,9-11,16H,4-5,8,12H2,1-3H3,(H,25,27)(H2,24,26,28). The van der Waals surface area contributed by atoms with Crippen molar-refractivity contribution in [3.8, 4) is 11.5 Å². The lowest BCUT2D eigenvalue weighted by Crippen LogP contribution is -2.43. The third-order valence-electron chi connectivity index (χ3n) is 5.13. The summed E-state index contributed by atoms with van der Waals surface area (Å²) in [4.78, 5) is 24.7. The first-order chi connectivity index (χ1) is 15.7. The Kier molecular flexibility index (Phi) is 7.85. The number of nitrogens with one attached hydrogen (secondary N) is 3. The van der Waals surface area contributed by atoms with Crippen molar-refractivity contribution in [2.24, 2.45) is 0 Å². The lowest BCUT2D eigenvalue weighted by atomic mass is 9.99. The van der Waals surface area contributed by atoms with Crippen LogP contribution in [0, 0.1) is 0 Å². The zero-order valence-corrected chi connectivity index (χ0v) is 20.9. The number of carbonyl (C=O) groups excluding carboxylic acids is 2. The van der Waals surface area contributed by atoms with Crippen LogP contribution in [-0.4, -0.2) is 46.7 Å². The Morgan fingerprint density at radius 2 is 1.97 bits per heavy atom. The van der Waals surface area contributed by atoms with Crippen LogP contribution in [0.5, 0.6) is 11.5 Å². The molecule has 0 aromatic heterocycles. The first-order valence-electron chi connectivity index (χ1n) is 10.4. The zero-order valence-electron chi connectivity index (χ0n) is 18.5. The van der Waals surface area contributed by atoms with Gasteiger partial charge < -0.3 is 20.1 Å². The quantitative estimate of drug-likeness (QED) is 0.497. The zero-order chi connectivity index (χ0) is 24.2. The molecule has 3 N–H and O–H groups in total. The lowest BCUT2D eigenvalue weighted by Gasteiger charge is -2.27. The lowest BCUT2D eigenvalue weighted by molar-refractivity contribution is 0.0912. The predicted octanol–water partition coefficient (Wildman–Crippen LogP) is 2.76. The predicted molar refractivity (Wildman–Crippen MR) is 126 cm³/mol. The SMILES string of the molecule is CCNC(=O)NS(=O)(=O)c1cc2c(cc1CC)OCC(NC(=O)c1cc(Br)ccc1OC)C2. The molecule has 9 nitrogen and oxygen atoms in total. The van der Waals surface area contributed by atoms with Crippen LogP contribution in [0.3, 0.4) is 0 Å². The Hall–Kier alpha value is -2.79. The molecule has 1 heterocycles. The van der Waals surface area contributed by atoms with E-state index in [0.717, 1.165) is 4.47 Å². The average Bonchev–Trinajstić information content (AvgIpc) is 2.77. The molecule has 0 spiro atoms. The van der Waals surface area contributed by atoms with Gasteiger partial charge in [-0.2, -0.15) is 0 Å². The third-order valence-corrected chi connectivity index (χ3v) is 7.03. The largest absolute Gasteiger partial charge is 0.496 e. The summed E-state index contributed by atoms with van der Waals surface area (Å²) in [6.07, 6.45) is 0.802. The molecule has 2 aromatic rings. The molecule has 11 heteroatoms. The Morgan fingerprint density at radius 3 is 2.64 bits per heavy atom. The Labute approximate surface area is 201 Å². The number of sulfonamides is 1. The maximum absolute atomic E-state index is 12.8. The number of aryl methyl sites for hydroxylation is 1. The van der Waals surface area contributed by atoms with Gasteiger partial charge in [0, 0.05) is 11.0 Å². The highest BCUT2D eigenvalue weighted by Crippen LogP contribution is 2.31. The number of carbonyl (C=O) groups is 2. The molecule has 0 saturated heterocycles. The summed E-state index contributed by atoms with van der Waals surface area (Å²) >= 11 is 3.36. The average molecular weight is 540 g/mol. The molecular formula is C22H26BrN3O6S. The van der Waals surface area contributed by atoms with Crippen molar-refractivity contribution in [2.75, 3.05) is 20.3 Å². The van der Waals surface area contributed by atoms with Gasteiger partial charge in [0.15, 0.2) is 0 Å². The van der Waals surface area contributed by atoms with Crippen molar-refractivity contribution in [2.45, 2.75) is 37.6 Å². The van der Waals surface area contributed by atoms with E-state index in [1.807, 2.05) is 11.6 Å². The number of hydrogen-bond acceptors (Lipinski definition) is 6. The van der Waals surface area contributed by atoms with Gasteiger partial charge >= 0.3 is 6.03 Å². The monoisotopic (exact) mass is 539 g/mol. The summed E-state index contributed by atoms with van der Waals surface area (Å²) in [6.45, 7) is 4.05. The van der Waals surface area contributed by atoms with Gasteiger partial charge in [0.05, 0.1) is 23.6 Å². The maximum Gasteiger partial charge on any atom is 0.328 e. The fraction of sp³-hybridized carbons (Fsp3) is 0.364. The highest BCUT2D eigenvalue weighted by atomic mass is 79.9. The van der Waals surface area contributed by atoms with E-state index in [4.69, 9.17) is 9.47 Å². The smallest absolute Gasteiger partial charge is 0.328 e. The van der Waals surface area contributed by atoms with Crippen LogP contribution < -0.4 is 24.8 Å². The molecule has 0 fully saturated rings. The minimum atomic E-state index is -4.08. The summed E-state index contributed by atoms with van der Waals surface area (Å²) in [5, 5.41) is 5.33. The molecule has 1 unspecified atom stereocenters. The van der Waals surface area contributed by atoms with Gasteiger partial charge in [0.1, 0.15) is 18.1 Å². The van der Waals surface area contributed by atoms with Crippen molar-refractivity contribution in [1.82, 2.24) is 15.4 Å². The summed E-state index contributed by atoms with van der Waals surface area (Å²) in [5.74, 6) is 0.667. The van der Waals surface area contributed by atoms with Crippen LogP contribution >= 0.6 is 15.9 Å². The molecule has 3 amide bonds. The molecule has 0 aliphatic carbocycles. The van der Waals surface area contributed by atoms with Gasteiger partial charge in [-0.25, -0.2) is 17.9 Å². The van der Waals surface area contributed by atoms with Crippen molar-refractivity contribution in [3.63, 3.8) is 0 Å². The molecule has 0 radical (unpaired) electrons. The Morgan fingerprint density at radius 1 is 1.21 bits per heavy atom. The summed E-state index contributed by atoms with van der Waals surface area (Å²) in [7, 11) is -2.59. The number of halogens is 1. The highest BCUT2D eigenvalue weighted by Gasteiger charge is 2.28. The summed E-state index contributed by atoms with van der Waals surface area (Å²) < 4.78 is 39.5. The molecule has 178 valence electrons. The number of benzene rings is 2. The van der Waals surface area contributed by atoms with Crippen molar-refractivity contribution in [1.29, 1.82) is 0 Å². The first-order valence-corrected chi connectivity index (χ1v) is 12.7. The van der Waals surface area contributed by atoms with Crippen LogP contribution in [0.25, 0.3) is 0 Å². The second-order valence-corrected chi connectivity index (χ2v) is 9.98. The van der Waals surface area contributed by atoms with E-state index in [1.165, 1.54) is 13.2 Å². The number of urea groups is 1. The number of rotatable bonds is 7. The number of amides is 3. The Bertz CT molecular complexity index is 1170. The molecule has 2 aromatic carbocycles. The van der Waals surface area contributed by atoms with E-state index in [2.05, 4.69) is 26.6 Å². The number of fused-ring (bicyclic) bond motifs is 1. The van der Waals surface area contributed by atoms with Crippen LogP contribution in [0.1, 0.15) is 35.3 Å². The molecule has 0 saturated carbocycles. The van der Waals surface area contributed by atoms with Crippen LogP contribution in [0.4, 0.5) is 4.79 Å². The number of ether oxygens (including phenoxy) is 2. The van der Waals surface area contributed by atoms with Crippen LogP contribution in [-0.2, 0) is 22.9 Å². The molecule has 1 aliphatic heterocycles. The Balaban J connectivity index is 1.84. The minimum absolute atomic E-state index is 0.0132. The van der Waals surface area contributed by atoms with Gasteiger partial charge in [0.25, 0.3) is 15.9 Å². The molecule has 0 bridgehead atoms. The second kappa shape index (κ2) is 10.4. The van der Waals surface area contributed by atoms with Gasteiger partial charge in [-0.15, -0.1) is 0 Å². The van der Waals surface area contributed by atoms with Crippen molar-refractivity contribution < 1.29 is 27.5 Å². The van der Waals surface area contributed by atoms with Crippen LogP contribution in [0.15, 0.2) is 39.7 Å². The van der Waals surface area contributed by atoms with Gasteiger partial charge in [-0.05, 0) is 61.2 Å². The minimum Gasteiger partial charge on any atom is -0.496 e. The second-order valence-electron chi connectivity index (χ2n) is 7.42. The molecule has 1 atom stereocenters. The fourth-order valence-electron chi connectivity index (χ4n) is 3.57. The molecule has 33 heavy (non-hydrogen) atoms. The van der Waals surface area contributed by atoms with E-state index in [1.54, 1.807) is 31.2 Å². The highest BCUT2D eigenvalue weighted by molar-refractivity contribution is 9.10. The number of hydrogen-bond donors (Lipinski definition) is 3. The molecule has 3 rings (SSSR count). The summed E-state index contributed by atoms with van der Waals surface area (Å²) in [5.41, 5.74) is 1.53. The van der Waals surface area contributed by atoms with E-state index in [-0.39, 0.29) is 23.5 Å². The van der Waals surface area contributed by atoms with E-state index in [9.17, 15) is 18.0 Å². The summed E-state index contributed by atoms with van der Waals surface area (Å²) in [6, 6.07) is 7.14. The van der Waals surface area contributed by atoms with E-state index < -0.39 is 16.1 Å². The van der Waals surface area contributed by atoms with Crippen molar-refractivity contribution >= 4 is 37.9 Å². The van der Waals surface area contributed by atoms with Gasteiger partial charge in [-0.1, -0.05) is 22.9 Å². The van der Waals surface area contributed by atoms with Crippen LogP contribution in [0.2, 0.25) is 0 Å². The third kappa shape index (κ3) is 5.77. The normalized spacial score (nSPS) is 15.1. The number of methoxy groups -OCH3 is 1. The maximum atomic E-state index is 12.8. The fourth-order valence-corrected chi connectivity index (χ4v) is 5.20. The molecule has 1 aliphatic rings. The van der Waals surface area contributed by atoms with Gasteiger partial charge in [0.2, 0.25) is 0 Å². The topological polar surface area (TPSA) is 123 Å². The first kappa shape index (κ1) is 24.8. The molecular weight excluding hydrogens is 514 g/mol. The van der Waals surface area contributed by atoms with E-state index >= 15 is 0 Å². The van der Waals surface area contributed by atoms with E-state index in [0.29, 0.717) is 47.6 Å².